The van der Waals surface area contributed by atoms with Crippen molar-refractivity contribution in [2.45, 2.75) is 19.4 Å². The summed E-state index contributed by atoms with van der Waals surface area (Å²) >= 11 is 6.32. The lowest BCUT2D eigenvalue weighted by Gasteiger charge is -2.27. The Hall–Kier alpha value is -3.38. The standard InChI is InChI=1S/C27H27ClFN3O2/c1-31(2)25-13-12-22(30-26(33)19-6-5-7-21(29)14-19)15-20(25)17-32(16-18-10-11-18)27(34)23-8-3-4-9-24(23)28/h3-9,12-15,18H,10-11,16-17H2,1-2H3,(H,30,33). The van der Waals surface area contributed by atoms with Crippen molar-refractivity contribution in [2.24, 2.45) is 5.92 Å². The number of rotatable bonds is 8. The lowest BCUT2D eigenvalue weighted by atomic mass is 10.1. The van der Waals surface area contributed by atoms with Gasteiger partial charge in [0.1, 0.15) is 5.82 Å². The van der Waals surface area contributed by atoms with Gasteiger partial charge in [0.15, 0.2) is 0 Å². The van der Waals surface area contributed by atoms with Gasteiger partial charge in [-0.3, -0.25) is 9.59 Å². The van der Waals surface area contributed by atoms with Gasteiger partial charge in [0.2, 0.25) is 0 Å². The molecule has 0 bridgehead atoms. The quantitative estimate of drug-likeness (QED) is 0.441. The predicted molar refractivity (Wildman–Crippen MR) is 134 cm³/mol. The molecule has 0 radical (unpaired) electrons. The summed E-state index contributed by atoms with van der Waals surface area (Å²) in [6.07, 6.45) is 2.22. The summed E-state index contributed by atoms with van der Waals surface area (Å²) in [6.45, 7) is 1.02. The molecule has 1 N–H and O–H groups in total. The predicted octanol–water partition coefficient (Wildman–Crippen LogP) is 5.85. The van der Waals surface area contributed by atoms with E-state index in [1.54, 1.807) is 30.3 Å². The Morgan fingerprint density at radius 3 is 2.47 bits per heavy atom. The van der Waals surface area contributed by atoms with E-state index in [1.165, 1.54) is 18.2 Å². The van der Waals surface area contributed by atoms with Crippen LogP contribution in [0.25, 0.3) is 0 Å². The molecule has 176 valence electrons. The van der Waals surface area contributed by atoms with Crippen molar-refractivity contribution < 1.29 is 14.0 Å². The Morgan fingerprint density at radius 2 is 1.79 bits per heavy atom. The van der Waals surface area contributed by atoms with E-state index in [4.69, 9.17) is 11.6 Å². The van der Waals surface area contributed by atoms with Crippen LogP contribution in [0.5, 0.6) is 0 Å². The van der Waals surface area contributed by atoms with Crippen molar-refractivity contribution >= 4 is 34.8 Å². The first-order valence-electron chi connectivity index (χ1n) is 11.2. The largest absolute Gasteiger partial charge is 0.377 e. The molecular formula is C27H27ClFN3O2. The number of halogens is 2. The minimum atomic E-state index is -0.468. The molecule has 3 aromatic carbocycles. The molecule has 1 saturated carbocycles. The monoisotopic (exact) mass is 479 g/mol. The maximum absolute atomic E-state index is 13.5. The van der Waals surface area contributed by atoms with Crippen LogP contribution in [-0.2, 0) is 6.54 Å². The highest BCUT2D eigenvalue weighted by atomic mass is 35.5. The molecule has 0 spiro atoms. The topological polar surface area (TPSA) is 52.7 Å². The summed E-state index contributed by atoms with van der Waals surface area (Å²) in [7, 11) is 3.87. The van der Waals surface area contributed by atoms with Crippen LogP contribution in [0.4, 0.5) is 15.8 Å². The van der Waals surface area contributed by atoms with Crippen LogP contribution in [0, 0.1) is 11.7 Å². The van der Waals surface area contributed by atoms with Crippen molar-refractivity contribution in [1.82, 2.24) is 4.90 Å². The number of hydrogen-bond acceptors (Lipinski definition) is 3. The van der Waals surface area contributed by atoms with E-state index in [9.17, 15) is 14.0 Å². The summed E-state index contributed by atoms with van der Waals surface area (Å²) in [6, 6.07) is 18.2. The third-order valence-corrected chi connectivity index (χ3v) is 6.16. The van der Waals surface area contributed by atoms with Gasteiger partial charge >= 0.3 is 0 Å². The third kappa shape index (κ3) is 5.75. The van der Waals surface area contributed by atoms with Gasteiger partial charge in [-0.05, 0) is 72.9 Å². The first-order valence-corrected chi connectivity index (χ1v) is 11.6. The fourth-order valence-corrected chi connectivity index (χ4v) is 4.12. The van der Waals surface area contributed by atoms with Gasteiger partial charge in [-0.1, -0.05) is 29.8 Å². The summed E-state index contributed by atoms with van der Waals surface area (Å²) < 4.78 is 13.5. The van der Waals surface area contributed by atoms with Gasteiger partial charge in [0.05, 0.1) is 10.6 Å². The molecular weight excluding hydrogens is 453 g/mol. The van der Waals surface area contributed by atoms with E-state index in [1.807, 2.05) is 42.1 Å². The highest BCUT2D eigenvalue weighted by Crippen LogP contribution is 2.33. The fraction of sp³-hybridized carbons (Fsp3) is 0.259. The zero-order chi connectivity index (χ0) is 24.2. The Morgan fingerprint density at radius 1 is 1.03 bits per heavy atom. The number of benzene rings is 3. The molecule has 0 atom stereocenters. The Bertz CT molecular complexity index is 1210. The summed E-state index contributed by atoms with van der Waals surface area (Å²) in [5, 5.41) is 3.27. The lowest BCUT2D eigenvalue weighted by Crippen LogP contribution is -2.33. The van der Waals surface area contributed by atoms with Crippen molar-refractivity contribution in [1.29, 1.82) is 0 Å². The van der Waals surface area contributed by atoms with Crippen molar-refractivity contribution in [3.8, 4) is 0 Å². The molecule has 3 aromatic rings. The number of nitrogens with one attached hydrogen (secondary N) is 1. The highest BCUT2D eigenvalue weighted by Gasteiger charge is 2.29. The highest BCUT2D eigenvalue weighted by molar-refractivity contribution is 6.33. The van der Waals surface area contributed by atoms with Gasteiger partial charge < -0.3 is 15.1 Å². The normalized spacial score (nSPS) is 12.8. The van der Waals surface area contributed by atoms with Gasteiger partial charge in [-0.2, -0.15) is 0 Å². The number of amides is 2. The van der Waals surface area contributed by atoms with E-state index in [-0.39, 0.29) is 11.5 Å². The zero-order valence-electron chi connectivity index (χ0n) is 19.2. The van der Waals surface area contributed by atoms with Gasteiger partial charge in [-0.15, -0.1) is 0 Å². The smallest absolute Gasteiger partial charge is 0.255 e. The second kappa shape index (κ2) is 10.3. The van der Waals surface area contributed by atoms with Crippen LogP contribution in [0.15, 0.2) is 66.7 Å². The van der Waals surface area contributed by atoms with E-state index in [2.05, 4.69) is 5.32 Å². The number of nitrogens with zero attached hydrogens (tertiary/aromatic N) is 2. The maximum Gasteiger partial charge on any atom is 0.255 e. The molecule has 1 aliphatic carbocycles. The summed E-state index contributed by atoms with van der Waals surface area (Å²) in [4.78, 5) is 29.9. The van der Waals surface area contributed by atoms with Crippen LogP contribution in [0.1, 0.15) is 39.1 Å². The second-order valence-corrected chi connectivity index (χ2v) is 9.22. The molecule has 0 heterocycles. The minimum absolute atomic E-state index is 0.114. The molecule has 0 aromatic heterocycles. The average molecular weight is 480 g/mol. The first kappa shape index (κ1) is 23.8. The molecule has 1 fully saturated rings. The van der Waals surface area contributed by atoms with E-state index in [0.717, 1.165) is 24.1 Å². The van der Waals surface area contributed by atoms with Gasteiger partial charge in [0, 0.05) is 44.1 Å². The summed E-state index contributed by atoms with van der Waals surface area (Å²) in [5.41, 5.74) is 3.13. The van der Waals surface area contributed by atoms with Crippen LogP contribution >= 0.6 is 11.6 Å². The molecule has 7 heteroatoms. The molecule has 0 aliphatic heterocycles. The van der Waals surface area contributed by atoms with E-state index < -0.39 is 11.7 Å². The van der Waals surface area contributed by atoms with Crippen LogP contribution in [-0.4, -0.2) is 37.4 Å². The molecule has 0 unspecified atom stereocenters. The number of carbonyl (C=O) groups excluding carboxylic acids is 2. The van der Waals surface area contributed by atoms with E-state index in [0.29, 0.717) is 35.3 Å². The lowest BCUT2D eigenvalue weighted by molar-refractivity contribution is 0.0735. The Kier molecular flexibility index (Phi) is 7.17. The SMILES string of the molecule is CN(C)c1ccc(NC(=O)c2cccc(F)c2)cc1CN(CC1CC1)C(=O)c1ccccc1Cl. The van der Waals surface area contributed by atoms with Crippen LogP contribution < -0.4 is 10.2 Å². The number of carbonyl (C=O) groups is 2. The first-order chi connectivity index (χ1) is 16.3. The molecule has 4 rings (SSSR count). The third-order valence-electron chi connectivity index (χ3n) is 5.83. The Balaban J connectivity index is 1.61. The molecule has 2 amide bonds. The average Bonchev–Trinajstić information content (AvgIpc) is 3.62. The van der Waals surface area contributed by atoms with Crippen molar-refractivity contribution in [2.75, 3.05) is 30.9 Å². The fourth-order valence-electron chi connectivity index (χ4n) is 3.90. The number of hydrogen-bond donors (Lipinski definition) is 1. The van der Waals surface area contributed by atoms with Crippen molar-refractivity contribution in [3.63, 3.8) is 0 Å². The van der Waals surface area contributed by atoms with Gasteiger partial charge in [0.25, 0.3) is 11.8 Å². The maximum atomic E-state index is 13.5. The molecule has 5 nitrogen and oxygen atoms in total. The van der Waals surface area contributed by atoms with Gasteiger partial charge in [-0.25, -0.2) is 4.39 Å². The molecule has 34 heavy (non-hydrogen) atoms. The molecule has 0 saturated heterocycles. The second-order valence-electron chi connectivity index (χ2n) is 8.81. The zero-order valence-corrected chi connectivity index (χ0v) is 20.0. The number of anilines is 2. The molecule has 1 aliphatic rings. The van der Waals surface area contributed by atoms with E-state index >= 15 is 0 Å². The Labute approximate surface area is 204 Å². The van der Waals surface area contributed by atoms with Crippen LogP contribution in [0.2, 0.25) is 5.02 Å². The summed E-state index contributed by atoms with van der Waals surface area (Å²) in [5.74, 6) is -0.489. The van der Waals surface area contributed by atoms with Crippen LogP contribution in [0.3, 0.4) is 0 Å². The minimum Gasteiger partial charge on any atom is -0.377 e. The van der Waals surface area contributed by atoms with Crippen molar-refractivity contribution in [3.05, 3.63) is 94.3 Å².